The quantitative estimate of drug-likeness (QED) is 0.873. The van der Waals surface area contributed by atoms with Crippen molar-refractivity contribution in [2.24, 2.45) is 5.73 Å². The standard InChI is InChI=1S/C14H16N2O/c1-17-13-8-5-9-16-14(13)12(15)10-11-6-3-2-4-7-11/h2-9,12H,10,15H2,1H3. The van der Waals surface area contributed by atoms with Gasteiger partial charge in [0.25, 0.3) is 0 Å². The molecule has 2 aromatic rings. The van der Waals surface area contributed by atoms with Crippen molar-refractivity contribution in [3.05, 3.63) is 59.9 Å². The second-order valence-corrected chi connectivity index (χ2v) is 3.89. The fourth-order valence-electron chi connectivity index (χ4n) is 1.82. The van der Waals surface area contributed by atoms with Crippen molar-refractivity contribution < 1.29 is 4.74 Å². The largest absolute Gasteiger partial charge is 0.495 e. The predicted molar refractivity (Wildman–Crippen MR) is 67.9 cm³/mol. The van der Waals surface area contributed by atoms with E-state index in [1.165, 1.54) is 5.56 Å². The Balaban J connectivity index is 2.17. The fraction of sp³-hybridized carbons (Fsp3) is 0.214. The molecule has 1 unspecified atom stereocenters. The van der Waals surface area contributed by atoms with Crippen molar-refractivity contribution >= 4 is 0 Å². The fourth-order valence-corrected chi connectivity index (χ4v) is 1.82. The highest BCUT2D eigenvalue weighted by atomic mass is 16.5. The first-order valence-electron chi connectivity index (χ1n) is 5.59. The van der Waals surface area contributed by atoms with Crippen LogP contribution in [0.1, 0.15) is 17.3 Å². The van der Waals surface area contributed by atoms with Crippen LogP contribution in [0.5, 0.6) is 5.75 Å². The first kappa shape index (κ1) is 11.6. The average Bonchev–Trinajstić information content (AvgIpc) is 2.40. The van der Waals surface area contributed by atoms with Gasteiger partial charge < -0.3 is 10.5 Å². The minimum Gasteiger partial charge on any atom is -0.495 e. The lowest BCUT2D eigenvalue weighted by Crippen LogP contribution is -2.16. The third kappa shape index (κ3) is 2.82. The molecule has 0 aliphatic rings. The Morgan fingerprint density at radius 1 is 1.18 bits per heavy atom. The number of hydrogen-bond acceptors (Lipinski definition) is 3. The van der Waals surface area contributed by atoms with Gasteiger partial charge in [-0.3, -0.25) is 4.98 Å². The Bertz CT molecular complexity index is 471. The molecule has 1 atom stereocenters. The smallest absolute Gasteiger partial charge is 0.141 e. The first-order valence-corrected chi connectivity index (χ1v) is 5.59. The van der Waals surface area contributed by atoms with Gasteiger partial charge in [-0.05, 0) is 24.1 Å². The zero-order chi connectivity index (χ0) is 12.1. The number of benzene rings is 1. The predicted octanol–water partition coefficient (Wildman–Crippen LogP) is 2.33. The van der Waals surface area contributed by atoms with Gasteiger partial charge in [0.05, 0.1) is 18.8 Å². The van der Waals surface area contributed by atoms with Crippen LogP contribution in [0.25, 0.3) is 0 Å². The molecule has 0 aliphatic heterocycles. The molecule has 2 rings (SSSR count). The van der Waals surface area contributed by atoms with E-state index in [0.717, 1.165) is 17.9 Å². The summed E-state index contributed by atoms with van der Waals surface area (Å²) >= 11 is 0. The lowest BCUT2D eigenvalue weighted by molar-refractivity contribution is 0.401. The average molecular weight is 228 g/mol. The van der Waals surface area contributed by atoms with Crippen LogP contribution >= 0.6 is 0 Å². The van der Waals surface area contributed by atoms with E-state index in [-0.39, 0.29) is 6.04 Å². The van der Waals surface area contributed by atoms with Gasteiger partial charge in [-0.2, -0.15) is 0 Å². The van der Waals surface area contributed by atoms with Gasteiger partial charge in [-0.15, -0.1) is 0 Å². The topological polar surface area (TPSA) is 48.1 Å². The number of rotatable bonds is 4. The van der Waals surface area contributed by atoms with Gasteiger partial charge in [-0.25, -0.2) is 0 Å². The summed E-state index contributed by atoms with van der Waals surface area (Å²) in [6.07, 6.45) is 2.50. The van der Waals surface area contributed by atoms with Gasteiger partial charge in [0, 0.05) is 6.20 Å². The molecule has 0 saturated carbocycles. The van der Waals surface area contributed by atoms with Crippen molar-refractivity contribution in [2.75, 3.05) is 7.11 Å². The van der Waals surface area contributed by atoms with Crippen LogP contribution in [0.15, 0.2) is 48.7 Å². The van der Waals surface area contributed by atoms with Gasteiger partial charge in [0.1, 0.15) is 5.75 Å². The highest BCUT2D eigenvalue weighted by Crippen LogP contribution is 2.23. The third-order valence-electron chi connectivity index (χ3n) is 2.67. The Labute approximate surface area is 101 Å². The summed E-state index contributed by atoms with van der Waals surface area (Å²) in [5.41, 5.74) is 8.17. The summed E-state index contributed by atoms with van der Waals surface area (Å²) in [5.74, 6) is 0.746. The molecule has 3 heteroatoms. The van der Waals surface area contributed by atoms with Crippen LogP contribution < -0.4 is 10.5 Å². The lowest BCUT2D eigenvalue weighted by atomic mass is 10.0. The molecule has 0 bridgehead atoms. The molecule has 2 N–H and O–H groups in total. The molecule has 17 heavy (non-hydrogen) atoms. The van der Waals surface area contributed by atoms with Crippen LogP contribution in [-0.4, -0.2) is 12.1 Å². The number of pyridine rings is 1. The Hall–Kier alpha value is -1.87. The summed E-state index contributed by atoms with van der Waals surface area (Å²) in [6.45, 7) is 0. The molecule has 3 nitrogen and oxygen atoms in total. The molecule has 0 amide bonds. The van der Waals surface area contributed by atoms with E-state index in [2.05, 4.69) is 17.1 Å². The molecule has 88 valence electrons. The Kier molecular flexibility index (Phi) is 3.73. The van der Waals surface area contributed by atoms with Crippen molar-refractivity contribution in [2.45, 2.75) is 12.5 Å². The maximum atomic E-state index is 6.16. The number of ether oxygens (including phenoxy) is 1. The minimum absolute atomic E-state index is 0.145. The van der Waals surface area contributed by atoms with Crippen LogP contribution in [0.4, 0.5) is 0 Å². The highest BCUT2D eigenvalue weighted by Gasteiger charge is 2.13. The summed E-state index contributed by atoms with van der Waals surface area (Å²) in [7, 11) is 1.63. The molecule has 0 spiro atoms. The van der Waals surface area contributed by atoms with Crippen LogP contribution in [0.2, 0.25) is 0 Å². The van der Waals surface area contributed by atoms with Crippen molar-refractivity contribution in [3.63, 3.8) is 0 Å². The molecule has 0 radical (unpaired) electrons. The summed E-state index contributed by atoms with van der Waals surface area (Å²) < 4.78 is 5.26. The number of nitrogens with zero attached hydrogens (tertiary/aromatic N) is 1. The van der Waals surface area contributed by atoms with Gasteiger partial charge in [0.15, 0.2) is 0 Å². The SMILES string of the molecule is COc1cccnc1C(N)Cc1ccccc1. The zero-order valence-electron chi connectivity index (χ0n) is 9.84. The normalized spacial score (nSPS) is 12.1. The summed E-state index contributed by atoms with van der Waals surface area (Å²) in [6, 6.07) is 13.7. The van der Waals surface area contributed by atoms with Crippen molar-refractivity contribution in [3.8, 4) is 5.75 Å². The van der Waals surface area contributed by atoms with Crippen LogP contribution in [-0.2, 0) is 6.42 Å². The van der Waals surface area contributed by atoms with Gasteiger partial charge in [0.2, 0.25) is 0 Å². The van der Waals surface area contributed by atoms with E-state index in [4.69, 9.17) is 10.5 Å². The molecule has 0 saturated heterocycles. The van der Waals surface area contributed by atoms with Crippen molar-refractivity contribution in [1.82, 2.24) is 4.98 Å². The van der Waals surface area contributed by atoms with Gasteiger partial charge >= 0.3 is 0 Å². The number of nitrogens with two attached hydrogens (primary N) is 1. The second kappa shape index (κ2) is 5.46. The lowest BCUT2D eigenvalue weighted by Gasteiger charge is -2.14. The van der Waals surface area contributed by atoms with E-state index < -0.39 is 0 Å². The van der Waals surface area contributed by atoms with E-state index >= 15 is 0 Å². The molecular weight excluding hydrogens is 212 g/mol. The molecule has 1 aromatic heterocycles. The molecule has 0 fully saturated rings. The Morgan fingerprint density at radius 3 is 2.65 bits per heavy atom. The van der Waals surface area contributed by atoms with Crippen LogP contribution in [0, 0.1) is 0 Å². The number of hydrogen-bond donors (Lipinski definition) is 1. The van der Waals surface area contributed by atoms with Gasteiger partial charge in [-0.1, -0.05) is 30.3 Å². The maximum Gasteiger partial charge on any atom is 0.141 e. The van der Waals surface area contributed by atoms with Crippen LogP contribution in [0.3, 0.4) is 0 Å². The molecule has 1 aromatic carbocycles. The molecule has 0 aliphatic carbocycles. The molecular formula is C14H16N2O. The van der Waals surface area contributed by atoms with E-state index in [1.54, 1.807) is 13.3 Å². The first-order chi connectivity index (χ1) is 8.31. The summed E-state index contributed by atoms with van der Waals surface area (Å²) in [5, 5.41) is 0. The molecule has 1 heterocycles. The minimum atomic E-state index is -0.145. The van der Waals surface area contributed by atoms with Crippen molar-refractivity contribution in [1.29, 1.82) is 0 Å². The zero-order valence-corrected chi connectivity index (χ0v) is 9.84. The van der Waals surface area contributed by atoms with E-state index in [1.807, 2.05) is 30.3 Å². The monoisotopic (exact) mass is 228 g/mol. The summed E-state index contributed by atoms with van der Waals surface area (Å²) in [4.78, 5) is 4.30. The highest BCUT2D eigenvalue weighted by molar-refractivity contribution is 5.30. The Morgan fingerprint density at radius 2 is 1.94 bits per heavy atom. The van der Waals surface area contributed by atoms with E-state index in [9.17, 15) is 0 Å². The number of methoxy groups -OCH3 is 1. The maximum absolute atomic E-state index is 6.16. The van der Waals surface area contributed by atoms with E-state index in [0.29, 0.717) is 0 Å². The number of aromatic nitrogens is 1. The third-order valence-corrected chi connectivity index (χ3v) is 2.67. The second-order valence-electron chi connectivity index (χ2n) is 3.89.